The van der Waals surface area contributed by atoms with E-state index in [0.29, 0.717) is 0 Å². The van der Waals surface area contributed by atoms with Crippen LogP contribution in [-0.4, -0.2) is 4.98 Å². The van der Waals surface area contributed by atoms with Crippen molar-refractivity contribution in [2.45, 2.75) is 6.92 Å². The lowest BCUT2D eigenvalue weighted by molar-refractivity contribution is 1.23. The van der Waals surface area contributed by atoms with Gasteiger partial charge in [-0.05, 0) is 47.0 Å². The molecule has 1 nitrogen and oxygen atoms in total. The minimum absolute atomic E-state index is 1.09. The molecule has 0 fully saturated rings. The summed E-state index contributed by atoms with van der Waals surface area (Å²) in [5.41, 5.74) is 1.09. The third-order valence-electron chi connectivity index (χ3n) is 1.51. The molecule has 0 N–H and O–H groups in total. The zero-order chi connectivity index (χ0) is 7.84. The highest BCUT2D eigenvalue weighted by molar-refractivity contribution is 14.1. The summed E-state index contributed by atoms with van der Waals surface area (Å²) in [5, 5.41) is 1.31. The largest absolute Gasteiger partial charge is 0.260 e. The molecule has 0 spiro atoms. The first kappa shape index (κ1) is 7.49. The van der Waals surface area contributed by atoms with E-state index in [4.69, 9.17) is 0 Å². The second-order valence-corrected chi connectivity index (χ2v) is 5.39. The van der Waals surface area contributed by atoms with E-state index < -0.39 is 0 Å². The van der Waals surface area contributed by atoms with Crippen molar-refractivity contribution in [3.63, 3.8) is 0 Å². The molecular weight excluding hydrogens is 269 g/mol. The Kier molecular flexibility index (Phi) is 1.85. The van der Waals surface area contributed by atoms with E-state index in [1.807, 2.05) is 13.1 Å². The van der Waals surface area contributed by atoms with E-state index in [-0.39, 0.29) is 0 Å². The highest BCUT2D eigenvalue weighted by atomic mass is 127. The number of fused-ring (bicyclic) bond motifs is 1. The third-order valence-corrected chi connectivity index (χ3v) is 3.36. The Morgan fingerprint density at radius 3 is 3.09 bits per heavy atom. The summed E-state index contributed by atoms with van der Waals surface area (Å²) in [7, 11) is 0. The van der Waals surface area contributed by atoms with Gasteiger partial charge in [-0.2, -0.15) is 0 Å². The van der Waals surface area contributed by atoms with Crippen molar-refractivity contribution < 1.29 is 0 Å². The number of pyridine rings is 1. The molecule has 0 saturated heterocycles. The molecule has 0 aliphatic rings. The molecule has 0 bridgehead atoms. The zero-order valence-electron chi connectivity index (χ0n) is 5.97. The number of hydrogen-bond acceptors (Lipinski definition) is 2. The second kappa shape index (κ2) is 2.71. The lowest BCUT2D eigenvalue weighted by atomic mass is 10.3. The molecule has 0 radical (unpaired) electrons. The summed E-state index contributed by atoms with van der Waals surface area (Å²) in [6.45, 7) is 2.02. The number of aromatic nitrogens is 1. The first-order chi connectivity index (χ1) is 5.25. The molecule has 0 aromatic carbocycles. The SMILES string of the molecule is Cc1cc2cc(I)sc2cn1. The van der Waals surface area contributed by atoms with Crippen LogP contribution in [0.2, 0.25) is 0 Å². The molecule has 11 heavy (non-hydrogen) atoms. The first-order valence-corrected chi connectivity index (χ1v) is 5.17. The second-order valence-electron chi connectivity index (χ2n) is 2.41. The molecule has 0 atom stereocenters. The summed E-state index contributed by atoms with van der Waals surface area (Å²) in [5.74, 6) is 0. The van der Waals surface area contributed by atoms with Gasteiger partial charge in [-0.15, -0.1) is 11.3 Å². The van der Waals surface area contributed by atoms with Crippen molar-refractivity contribution >= 4 is 44.0 Å². The first-order valence-electron chi connectivity index (χ1n) is 3.27. The number of rotatable bonds is 0. The summed E-state index contributed by atoms with van der Waals surface area (Å²) >= 11 is 4.12. The van der Waals surface area contributed by atoms with Crippen LogP contribution in [0.3, 0.4) is 0 Å². The van der Waals surface area contributed by atoms with Crippen LogP contribution in [0.25, 0.3) is 10.1 Å². The normalized spacial score (nSPS) is 10.7. The summed E-state index contributed by atoms with van der Waals surface area (Å²) < 4.78 is 2.60. The minimum atomic E-state index is 1.09. The van der Waals surface area contributed by atoms with Gasteiger partial charge in [0.05, 0.1) is 7.58 Å². The van der Waals surface area contributed by atoms with Crippen LogP contribution in [0.5, 0.6) is 0 Å². The molecule has 0 amide bonds. The van der Waals surface area contributed by atoms with E-state index in [2.05, 4.69) is 39.7 Å². The fraction of sp³-hybridized carbons (Fsp3) is 0.125. The molecule has 2 aromatic rings. The predicted molar refractivity (Wildman–Crippen MR) is 57.1 cm³/mol. The van der Waals surface area contributed by atoms with Crippen LogP contribution in [0.1, 0.15) is 5.69 Å². The fourth-order valence-corrected chi connectivity index (χ4v) is 2.81. The topological polar surface area (TPSA) is 12.9 Å². The number of hydrogen-bond donors (Lipinski definition) is 0. The van der Waals surface area contributed by atoms with E-state index in [9.17, 15) is 0 Å². The van der Waals surface area contributed by atoms with Gasteiger partial charge in [0.15, 0.2) is 0 Å². The summed E-state index contributed by atoms with van der Waals surface area (Å²) in [6.07, 6.45) is 1.94. The smallest absolute Gasteiger partial charge is 0.0666 e. The van der Waals surface area contributed by atoms with Crippen LogP contribution < -0.4 is 0 Å². The van der Waals surface area contributed by atoms with Gasteiger partial charge in [-0.3, -0.25) is 4.98 Å². The standard InChI is InChI=1S/C8H6INS/c1-5-2-6-3-8(9)11-7(6)4-10-5/h2-4H,1H3. The van der Waals surface area contributed by atoms with Crippen molar-refractivity contribution in [1.29, 1.82) is 0 Å². The Morgan fingerprint density at radius 1 is 1.45 bits per heavy atom. The molecule has 0 saturated carbocycles. The van der Waals surface area contributed by atoms with Crippen LogP contribution in [0, 0.1) is 9.81 Å². The van der Waals surface area contributed by atoms with Gasteiger partial charge < -0.3 is 0 Å². The van der Waals surface area contributed by atoms with Crippen LogP contribution in [0.4, 0.5) is 0 Å². The number of nitrogens with zero attached hydrogens (tertiary/aromatic N) is 1. The maximum atomic E-state index is 4.23. The van der Waals surface area contributed by atoms with Crippen LogP contribution >= 0.6 is 33.9 Å². The maximum absolute atomic E-state index is 4.23. The number of thiophene rings is 1. The van der Waals surface area contributed by atoms with Crippen molar-refractivity contribution in [3.05, 3.63) is 26.9 Å². The predicted octanol–water partition coefficient (Wildman–Crippen LogP) is 3.21. The molecule has 3 heteroatoms. The summed E-state index contributed by atoms with van der Waals surface area (Å²) in [6, 6.07) is 4.31. The van der Waals surface area contributed by atoms with E-state index in [1.165, 1.54) is 13.0 Å². The number of aryl methyl sites for hydroxylation is 1. The maximum Gasteiger partial charge on any atom is 0.0666 e. The van der Waals surface area contributed by atoms with Gasteiger partial charge in [-0.1, -0.05) is 0 Å². The summed E-state index contributed by atoms with van der Waals surface area (Å²) in [4.78, 5) is 4.23. The van der Waals surface area contributed by atoms with Crippen molar-refractivity contribution in [2.75, 3.05) is 0 Å². The monoisotopic (exact) mass is 275 g/mol. The molecule has 0 aliphatic carbocycles. The van der Waals surface area contributed by atoms with Gasteiger partial charge in [0.1, 0.15) is 0 Å². The van der Waals surface area contributed by atoms with E-state index in [1.54, 1.807) is 11.3 Å². The highest BCUT2D eigenvalue weighted by Crippen LogP contribution is 2.26. The molecule has 0 aliphatic heterocycles. The molecule has 0 unspecified atom stereocenters. The number of halogens is 1. The van der Waals surface area contributed by atoms with E-state index >= 15 is 0 Å². The Morgan fingerprint density at radius 2 is 2.27 bits per heavy atom. The fourth-order valence-electron chi connectivity index (χ4n) is 1.02. The highest BCUT2D eigenvalue weighted by Gasteiger charge is 1.98. The van der Waals surface area contributed by atoms with Crippen LogP contribution in [0.15, 0.2) is 18.3 Å². The van der Waals surface area contributed by atoms with Crippen molar-refractivity contribution in [3.8, 4) is 0 Å². The quantitative estimate of drug-likeness (QED) is 0.673. The molecule has 2 heterocycles. The third kappa shape index (κ3) is 1.39. The van der Waals surface area contributed by atoms with Crippen LogP contribution in [-0.2, 0) is 0 Å². The van der Waals surface area contributed by atoms with Gasteiger partial charge in [0.25, 0.3) is 0 Å². The lowest BCUT2D eigenvalue weighted by Crippen LogP contribution is -1.75. The van der Waals surface area contributed by atoms with Gasteiger partial charge in [-0.25, -0.2) is 0 Å². The average molecular weight is 275 g/mol. The lowest BCUT2D eigenvalue weighted by Gasteiger charge is -1.89. The Labute approximate surface area is 82.6 Å². The minimum Gasteiger partial charge on any atom is -0.260 e. The van der Waals surface area contributed by atoms with Gasteiger partial charge >= 0.3 is 0 Å². The van der Waals surface area contributed by atoms with Gasteiger partial charge in [0, 0.05) is 11.9 Å². The Bertz CT molecular complexity index is 394. The molecule has 2 rings (SSSR count). The van der Waals surface area contributed by atoms with E-state index in [0.717, 1.165) is 5.69 Å². The molecule has 56 valence electrons. The average Bonchev–Trinajstić information content (AvgIpc) is 2.27. The Hall–Kier alpha value is -0.160. The van der Waals surface area contributed by atoms with Crippen molar-refractivity contribution in [1.82, 2.24) is 4.98 Å². The van der Waals surface area contributed by atoms with Crippen molar-refractivity contribution in [2.24, 2.45) is 0 Å². The molecule has 2 aromatic heterocycles. The molecular formula is C8H6INS. The zero-order valence-corrected chi connectivity index (χ0v) is 8.94. The van der Waals surface area contributed by atoms with Gasteiger partial charge in [0.2, 0.25) is 0 Å². The Balaban J connectivity index is 2.82.